The van der Waals surface area contributed by atoms with E-state index in [-0.39, 0.29) is 6.42 Å². The highest BCUT2D eigenvalue weighted by atomic mass is 16.3. The molecule has 0 spiro atoms. The molecule has 4 N–H and O–H groups in total. The minimum absolute atomic E-state index is 0.0748. The first-order valence-electron chi connectivity index (χ1n) is 13.2. The monoisotopic (exact) mass is 526 g/mol. The van der Waals surface area contributed by atoms with Gasteiger partial charge in [0, 0.05) is 37.4 Å². The van der Waals surface area contributed by atoms with Gasteiger partial charge in [-0.15, -0.1) is 4.91 Å². The molecule has 0 radical (unpaired) electrons. The molecule has 8 rings (SSSR count). The van der Waals surface area contributed by atoms with Crippen LogP contribution in [0.1, 0.15) is 45.8 Å². The van der Waals surface area contributed by atoms with Gasteiger partial charge in [-0.25, -0.2) is 4.98 Å². The average Bonchev–Trinajstić information content (AvgIpc) is 3.44. The van der Waals surface area contributed by atoms with Gasteiger partial charge in [0.05, 0.1) is 5.69 Å². The van der Waals surface area contributed by atoms with E-state index in [0.717, 1.165) is 44.6 Å². The molecule has 8 heteroatoms. The number of pyridine rings is 1. The molecule has 0 fully saturated rings. The zero-order valence-corrected chi connectivity index (χ0v) is 21.5. The lowest BCUT2D eigenvalue weighted by atomic mass is 9.52. The van der Waals surface area contributed by atoms with Crippen LogP contribution in [0.3, 0.4) is 0 Å². The number of carbonyl (C=O) groups is 1. The molecule has 8 nitrogen and oxygen atoms in total. The van der Waals surface area contributed by atoms with Gasteiger partial charge in [-0.05, 0) is 51.1 Å². The maximum Gasteiger partial charge on any atom is 0.247 e. The number of anilines is 1. The predicted octanol–water partition coefficient (Wildman–Crippen LogP) is 5.26. The van der Waals surface area contributed by atoms with Crippen LogP contribution in [0.2, 0.25) is 0 Å². The highest BCUT2D eigenvalue weighted by Crippen LogP contribution is 2.60. The smallest absolute Gasteiger partial charge is 0.247 e. The maximum absolute atomic E-state index is 13.9. The van der Waals surface area contributed by atoms with Gasteiger partial charge in [0.15, 0.2) is 5.54 Å². The standard InChI is InChI=1S/C32H26N6O2/c33-31(19-32(38-40)26-7-3-1-5-24(26)28(31)25-6-2-4-8-27(25)32)29(39)37-30-35-18-23(36-30)17-20-9-11-21(12-10-20)22-13-15-34-16-14-22/h1-16,18,28H,17,19,33H2,(H2,35,36,37,39). The lowest BCUT2D eigenvalue weighted by molar-refractivity contribution is -0.123. The van der Waals surface area contributed by atoms with E-state index in [1.54, 1.807) is 18.6 Å². The fourth-order valence-electron chi connectivity index (χ4n) is 6.48. The van der Waals surface area contributed by atoms with Gasteiger partial charge >= 0.3 is 0 Å². The third-order valence-corrected chi connectivity index (χ3v) is 8.29. The normalized spacial score (nSPS) is 22.3. The Morgan fingerprint density at radius 3 is 2.20 bits per heavy atom. The number of hydrogen-bond donors (Lipinski definition) is 3. The zero-order valence-electron chi connectivity index (χ0n) is 21.5. The number of amides is 1. The molecule has 196 valence electrons. The second-order valence-electron chi connectivity index (χ2n) is 10.6. The fraction of sp³-hybridized carbons (Fsp3) is 0.156. The number of fused-ring (bicyclic) bond motifs is 1. The summed E-state index contributed by atoms with van der Waals surface area (Å²) in [5.41, 5.74) is 11.8. The number of H-pyrrole nitrogens is 1. The van der Waals surface area contributed by atoms with Crippen molar-refractivity contribution in [1.29, 1.82) is 0 Å². The minimum atomic E-state index is -1.40. The third-order valence-electron chi connectivity index (χ3n) is 8.29. The molecule has 1 amide bonds. The SMILES string of the molecule is NC1(C(=O)Nc2nc(Cc3ccc(-c4ccncc4)cc3)c[nH]2)CC2(N=O)c3ccccc3C1c1ccccc12. The summed E-state index contributed by atoms with van der Waals surface area (Å²) in [4.78, 5) is 38.1. The number of aromatic amines is 1. The summed E-state index contributed by atoms with van der Waals surface area (Å²) in [7, 11) is 0. The van der Waals surface area contributed by atoms with Gasteiger partial charge in [0.25, 0.3) is 0 Å². The average molecular weight is 527 g/mol. The molecule has 2 heterocycles. The van der Waals surface area contributed by atoms with E-state index in [1.165, 1.54) is 0 Å². The number of benzene rings is 3. The van der Waals surface area contributed by atoms with Crippen LogP contribution < -0.4 is 11.1 Å². The van der Waals surface area contributed by atoms with E-state index >= 15 is 0 Å². The van der Waals surface area contributed by atoms with Gasteiger partial charge in [0.2, 0.25) is 11.9 Å². The number of hydrogen-bond acceptors (Lipinski definition) is 6. The Morgan fingerprint density at radius 1 is 0.925 bits per heavy atom. The van der Waals surface area contributed by atoms with Crippen molar-refractivity contribution < 1.29 is 4.79 Å². The summed E-state index contributed by atoms with van der Waals surface area (Å²) in [6, 6.07) is 27.5. The number of nitrogens with zero attached hydrogens (tertiary/aromatic N) is 3. The number of imidazole rings is 1. The van der Waals surface area contributed by atoms with Crippen molar-refractivity contribution in [2.75, 3.05) is 5.32 Å². The minimum Gasteiger partial charge on any atom is -0.330 e. The molecular formula is C32H26N6O2. The van der Waals surface area contributed by atoms with Gasteiger partial charge < -0.3 is 10.7 Å². The molecule has 3 aliphatic carbocycles. The van der Waals surface area contributed by atoms with Crippen molar-refractivity contribution in [3.8, 4) is 11.1 Å². The second kappa shape index (κ2) is 9.07. The lowest BCUT2D eigenvalue weighted by Gasteiger charge is -2.53. The molecule has 3 aromatic carbocycles. The highest BCUT2D eigenvalue weighted by Gasteiger charge is 2.62. The molecule has 2 bridgehead atoms. The number of nitrogens with two attached hydrogens (primary N) is 1. The van der Waals surface area contributed by atoms with E-state index in [9.17, 15) is 9.70 Å². The van der Waals surface area contributed by atoms with Gasteiger partial charge in [0.1, 0.15) is 5.54 Å². The summed E-state index contributed by atoms with van der Waals surface area (Å²) in [5.74, 6) is -0.511. The lowest BCUT2D eigenvalue weighted by Crippen LogP contribution is -2.64. The van der Waals surface area contributed by atoms with Crippen molar-refractivity contribution in [2.45, 2.75) is 29.8 Å². The van der Waals surface area contributed by atoms with Crippen molar-refractivity contribution in [1.82, 2.24) is 15.0 Å². The Labute approximate surface area is 230 Å². The van der Waals surface area contributed by atoms with Gasteiger partial charge in [-0.2, -0.15) is 0 Å². The molecule has 0 aliphatic heterocycles. The van der Waals surface area contributed by atoms with Crippen molar-refractivity contribution in [2.24, 2.45) is 10.9 Å². The molecule has 2 aromatic heterocycles. The van der Waals surface area contributed by atoms with E-state index < -0.39 is 22.9 Å². The van der Waals surface area contributed by atoms with Crippen molar-refractivity contribution in [3.63, 3.8) is 0 Å². The maximum atomic E-state index is 13.9. The topological polar surface area (TPSA) is 126 Å². The van der Waals surface area contributed by atoms with E-state index in [0.29, 0.717) is 12.4 Å². The Balaban J connectivity index is 1.14. The van der Waals surface area contributed by atoms with Gasteiger partial charge in [-0.3, -0.25) is 15.1 Å². The van der Waals surface area contributed by atoms with Crippen LogP contribution in [0.4, 0.5) is 5.95 Å². The third kappa shape index (κ3) is 3.60. The summed E-state index contributed by atoms with van der Waals surface area (Å²) < 4.78 is 0. The summed E-state index contributed by atoms with van der Waals surface area (Å²) in [6.45, 7) is 0. The number of carbonyl (C=O) groups excluding carboxylic acids is 1. The zero-order chi connectivity index (χ0) is 27.3. The van der Waals surface area contributed by atoms with Gasteiger partial charge in [-0.1, -0.05) is 78.0 Å². The number of nitrogens with one attached hydrogen (secondary N) is 2. The first-order valence-corrected chi connectivity index (χ1v) is 13.2. The van der Waals surface area contributed by atoms with Crippen LogP contribution >= 0.6 is 0 Å². The van der Waals surface area contributed by atoms with Crippen LogP contribution in [0.25, 0.3) is 11.1 Å². The molecule has 40 heavy (non-hydrogen) atoms. The van der Waals surface area contributed by atoms with Crippen molar-refractivity contribution in [3.05, 3.63) is 142 Å². The molecule has 1 atom stereocenters. The number of nitroso groups, excluding NO2 is 1. The Bertz CT molecular complexity index is 1700. The van der Waals surface area contributed by atoms with Crippen LogP contribution in [0, 0.1) is 4.91 Å². The number of rotatable bonds is 6. The summed E-state index contributed by atoms with van der Waals surface area (Å²) in [6.07, 6.45) is 6.00. The Morgan fingerprint density at radius 2 is 1.55 bits per heavy atom. The Hall–Kier alpha value is -4.95. The van der Waals surface area contributed by atoms with E-state index in [1.807, 2.05) is 60.7 Å². The van der Waals surface area contributed by atoms with Crippen LogP contribution in [-0.2, 0) is 16.8 Å². The molecule has 0 saturated heterocycles. The van der Waals surface area contributed by atoms with Crippen LogP contribution in [0.5, 0.6) is 0 Å². The molecule has 5 aromatic rings. The summed E-state index contributed by atoms with van der Waals surface area (Å²) in [5, 5.41) is 6.54. The van der Waals surface area contributed by atoms with Crippen molar-refractivity contribution >= 4 is 11.9 Å². The quantitative estimate of drug-likeness (QED) is 0.260. The fourth-order valence-corrected chi connectivity index (χ4v) is 6.48. The second-order valence-corrected chi connectivity index (χ2v) is 10.6. The van der Waals surface area contributed by atoms with Crippen LogP contribution in [0.15, 0.2) is 109 Å². The summed E-state index contributed by atoms with van der Waals surface area (Å²) >= 11 is 0. The molecule has 3 aliphatic rings. The predicted molar refractivity (Wildman–Crippen MR) is 153 cm³/mol. The van der Waals surface area contributed by atoms with Crippen LogP contribution in [-0.4, -0.2) is 26.4 Å². The Kier molecular flexibility index (Phi) is 5.47. The number of aromatic nitrogens is 3. The first-order chi connectivity index (χ1) is 19.5. The highest BCUT2D eigenvalue weighted by molar-refractivity contribution is 5.99. The molecule has 1 unspecified atom stereocenters. The molecular weight excluding hydrogens is 500 g/mol. The van der Waals surface area contributed by atoms with E-state index in [4.69, 9.17) is 5.73 Å². The van der Waals surface area contributed by atoms with E-state index in [2.05, 4.69) is 49.7 Å². The molecule has 0 saturated carbocycles. The first kappa shape index (κ1) is 24.1. The largest absolute Gasteiger partial charge is 0.330 e.